The number of rotatable bonds is 5. The van der Waals surface area contributed by atoms with Crippen LogP contribution in [0.2, 0.25) is 0 Å². The van der Waals surface area contributed by atoms with E-state index in [4.69, 9.17) is 9.31 Å². The zero-order chi connectivity index (χ0) is 13.1. The third-order valence-electron chi connectivity index (χ3n) is 3.06. The summed E-state index contributed by atoms with van der Waals surface area (Å²) in [6.45, 7) is 8.39. The van der Waals surface area contributed by atoms with Gasteiger partial charge in [-0.05, 0) is 0 Å². The molecular formula is C11H19BI3O2-. The van der Waals surface area contributed by atoms with Gasteiger partial charge in [-0.25, -0.2) is 0 Å². The van der Waals surface area contributed by atoms with Crippen LogP contribution in [-0.2, 0) is 9.31 Å². The van der Waals surface area contributed by atoms with Gasteiger partial charge in [-0.15, -0.1) is 0 Å². The van der Waals surface area contributed by atoms with Gasteiger partial charge >= 0.3 is 145 Å². The van der Waals surface area contributed by atoms with Gasteiger partial charge in [0.25, 0.3) is 0 Å². The van der Waals surface area contributed by atoms with E-state index in [1.165, 1.54) is 16.8 Å². The molecule has 0 aromatic carbocycles. The molecule has 0 aliphatic carbocycles. The molecule has 0 bridgehead atoms. The third kappa shape index (κ3) is 4.75. The van der Waals surface area contributed by atoms with Crippen molar-refractivity contribution in [3.8, 4) is 0 Å². The topological polar surface area (TPSA) is 18.5 Å². The van der Waals surface area contributed by atoms with Gasteiger partial charge in [-0.3, -0.25) is 0 Å². The number of halogens is 3. The van der Waals surface area contributed by atoms with Gasteiger partial charge in [0, 0.05) is 0 Å². The Hall–Kier alpha value is 1.91. The molecule has 0 N–H and O–H groups in total. The van der Waals surface area contributed by atoms with Crippen molar-refractivity contribution >= 4 is 52.3 Å². The molecule has 1 fully saturated rings. The van der Waals surface area contributed by atoms with Crippen LogP contribution in [0, 0.1) is 0 Å². The van der Waals surface area contributed by atoms with E-state index >= 15 is 0 Å². The Labute approximate surface area is 143 Å². The molecular weight excluding hydrogens is 556 g/mol. The molecule has 1 aliphatic heterocycles. The van der Waals surface area contributed by atoms with Gasteiger partial charge in [0.15, 0.2) is 0 Å². The molecule has 0 unspecified atom stereocenters. The van der Waals surface area contributed by atoms with Crippen LogP contribution in [0.1, 0.15) is 27.7 Å². The molecule has 0 aromatic rings. The first-order valence-electron chi connectivity index (χ1n) is 5.61. The molecule has 1 aliphatic rings. The van der Waals surface area contributed by atoms with Crippen molar-refractivity contribution in [3.05, 3.63) is 9.56 Å². The van der Waals surface area contributed by atoms with Crippen LogP contribution < -0.4 is 21.2 Å². The van der Waals surface area contributed by atoms with Crippen molar-refractivity contribution < 1.29 is 30.5 Å². The summed E-state index contributed by atoms with van der Waals surface area (Å²) in [5.74, 6) is 0. The van der Waals surface area contributed by atoms with Crippen LogP contribution in [0.3, 0.4) is 0 Å². The molecule has 1 saturated heterocycles. The van der Waals surface area contributed by atoms with Gasteiger partial charge in [-0.2, -0.15) is 0 Å². The Bertz CT molecular complexity index is 276. The van der Waals surface area contributed by atoms with E-state index in [2.05, 4.69) is 79.0 Å². The number of allylic oxidation sites excluding steroid dienone is 1. The average Bonchev–Trinajstić information content (AvgIpc) is 2.43. The first kappa shape index (κ1) is 17.0. The zero-order valence-corrected chi connectivity index (χ0v) is 17.2. The first-order chi connectivity index (χ1) is 7.80. The molecule has 0 saturated carbocycles. The summed E-state index contributed by atoms with van der Waals surface area (Å²) in [5.41, 5.74) is -0.446. The van der Waals surface area contributed by atoms with Crippen LogP contribution in [0.15, 0.2) is 9.56 Å². The van der Waals surface area contributed by atoms with E-state index in [1.54, 1.807) is 0 Å². The summed E-state index contributed by atoms with van der Waals surface area (Å²) < 4.78 is 17.1. The van der Waals surface area contributed by atoms with Gasteiger partial charge in [0.2, 0.25) is 0 Å². The van der Waals surface area contributed by atoms with E-state index in [9.17, 15) is 0 Å². The summed E-state index contributed by atoms with van der Waals surface area (Å²) in [6, 6.07) is 0. The maximum atomic E-state index is 6.00. The van der Waals surface area contributed by atoms with E-state index in [-0.39, 0.29) is 18.3 Å². The molecule has 0 spiro atoms. The quantitative estimate of drug-likeness (QED) is 0.206. The summed E-state index contributed by atoms with van der Waals surface area (Å²) in [6.07, 6.45) is 2.29. The second-order valence-corrected chi connectivity index (χ2v) is 10.3. The van der Waals surface area contributed by atoms with Gasteiger partial charge in [0.05, 0.1) is 0 Å². The number of hydrogen-bond donors (Lipinski definition) is 0. The Morgan fingerprint density at radius 1 is 1.24 bits per heavy atom. The molecule has 2 nitrogen and oxygen atoms in total. The molecule has 6 heteroatoms. The standard InChI is InChI=1S/C11H19BI3O2/c1-10(2)11(3,4)17-12(16-10)9(14)5-7-15-8-6-13/h5H,6-8H2,1-4H3/q-1/b9-5-. The van der Waals surface area contributed by atoms with Crippen molar-refractivity contribution in [1.82, 2.24) is 0 Å². The molecule has 1 heterocycles. The van der Waals surface area contributed by atoms with Gasteiger partial charge < -0.3 is 0 Å². The Balaban J connectivity index is 2.53. The Morgan fingerprint density at radius 3 is 2.24 bits per heavy atom. The molecule has 0 radical (unpaired) electrons. The fourth-order valence-electron chi connectivity index (χ4n) is 1.31. The fraction of sp³-hybridized carbons (Fsp3) is 0.818. The summed E-state index contributed by atoms with van der Waals surface area (Å²) in [4.78, 5) is 0. The Morgan fingerprint density at radius 2 is 1.76 bits per heavy atom. The third-order valence-corrected chi connectivity index (χ3v) is 8.98. The van der Waals surface area contributed by atoms with Gasteiger partial charge in [-0.1, -0.05) is 0 Å². The van der Waals surface area contributed by atoms with E-state index in [0.717, 1.165) is 0 Å². The normalized spacial score (nSPS) is 23.4. The van der Waals surface area contributed by atoms with Crippen LogP contribution >= 0.6 is 45.2 Å². The van der Waals surface area contributed by atoms with Crippen molar-refractivity contribution in [2.45, 2.75) is 38.9 Å². The first-order valence-corrected chi connectivity index (χ1v) is 11.3. The van der Waals surface area contributed by atoms with E-state index in [1.807, 2.05) is 0 Å². The summed E-state index contributed by atoms with van der Waals surface area (Å²) in [7, 11) is -0.163. The van der Waals surface area contributed by atoms with Crippen LogP contribution in [0.5, 0.6) is 0 Å². The monoisotopic (exact) mass is 575 g/mol. The molecule has 1 rings (SSSR count). The summed E-state index contributed by atoms with van der Waals surface area (Å²) >= 11 is 5.13. The minimum atomic E-state index is -0.223. The molecule has 0 aromatic heterocycles. The number of alkyl halides is 3. The average molecular weight is 575 g/mol. The fourth-order valence-corrected chi connectivity index (χ4v) is 6.07. The summed E-state index contributed by atoms with van der Waals surface area (Å²) in [5, 5.41) is 0. The number of hydrogen-bond acceptors (Lipinski definition) is 2. The van der Waals surface area contributed by atoms with E-state index < -0.39 is 0 Å². The molecule has 17 heavy (non-hydrogen) atoms. The molecule has 100 valence electrons. The maximum absolute atomic E-state index is 6.00. The minimum absolute atomic E-state index is 0.163. The van der Waals surface area contributed by atoms with Crippen LogP contribution in [0.25, 0.3) is 0 Å². The van der Waals surface area contributed by atoms with Crippen LogP contribution in [-0.4, -0.2) is 31.6 Å². The Kier molecular flexibility index (Phi) is 7.06. The second kappa shape index (κ2) is 7.08. The predicted molar refractivity (Wildman–Crippen MR) is 86.8 cm³/mol. The molecule has 0 amide bonds. The van der Waals surface area contributed by atoms with Crippen molar-refractivity contribution in [2.24, 2.45) is 0 Å². The van der Waals surface area contributed by atoms with E-state index in [0.29, 0.717) is 21.2 Å². The predicted octanol–water partition coefficient (Wildman–Crippen LogP) is 0.461. The van der Waals surface area contributed by atoms with Crippen molar-refractivity contribution in [2.75, 3.05) is 13.3 Å². The van der Waals surface area contributed by atoms with Crippen molar-refractivity contribution in [1.29, 1.82) is 0 Å². The van der Waals surface area contributed by atoms with Crippen molar-refractivity contribution in [3.63, 3.8) is 0 Å². The SMILES string of the molecule is CC1(C)OB(/C(I)=C/C[I-]CCI)OC1(C)C. The van der Waals surface area contributed by atoms with Crippen LogP contribution in [0.4, 0.5) is 0 Å². The second-order valence-electron chi connectivity index (χ2n) is 4.90. The van der Waals surface area contributed by atoms with Gasteiger partial charge in [0.1, 0.15) is 0 Å². The molecule has 0 atom stereocenters. The zero-order valence-electron chi connectivity index (χ0n) is 10.7.